The number of aromatic amines is 1. The minimum absolute atomic E-state index is 0.282. The predicted molar refractivity (Wildman–Crippen MR) is 68.6 cm³/mol. The van der Waals surface area contributed by atoms with E-state index in [0.29, 0.717) is 12.3 Å². The van der Waals surface area contributed by atoms with E-state index in [1.165, 1.54) is 22.5 Å². The highest BCUT2D eigenvalue weighted by atomic mass is 16.2. The van der Waals surface area contributed by atoms with Gasteiger partial charge in [0.2, 0.25) is 5.91 Å². The van der Waals surface area contributed by atoms with Crippen LogP contribution >= 0.6 is 0 Å². The molecule has 3 nitrogen and oxygen atoms in total. The number of aryl methyl sites for hydroxylation is 1. The van der Waals surface area contributed by atoms with Gasteiger partial charge in [-0.25, -0.2) is 0 Å². The minimum atomic E-state index is 0.282. The summed E-state index contributed by atoms with van der Waals surface area (Å²) in [5.41, 5.74) is 5.28. The van der Waals surface area contributed by atoms with E-state index in [0.717, 1.165) is 19.5 Å². The van der Waals surface area contributed by atoms with Gasteiger partial charge in [0.25, 0.3) is 0 Å². The summed E-state index contributed by atoms with van der Waals surface area (Å²) >= 11 is 0. The van der Waals surface area contributed by atoms with Crippen molar-refractivity contribution < 1.29 is 4.79 Å². The highest BCUT2D eigenvalue weighted by Crippen LogP contribution is 2.29. The van der Waals surface area contributed by atoms with E-state index in [1.807, 2.05) is 4.90 Å². The second-order valence-corrected chi connectivity index (χ2v) is 5.39. The molecule has 1 N–H and O–H groups in total. The third-order valence-electron chi connectivity index (χ3n) is 3.51. The van der Waals surface area contributed by atoms with Gasteiger partial charge < -0.3 is 9.88 Å². The monoisotopic (exact) mass is 234 g/mol. The van der Waals surface area contributed by atoms with E-state index in [-0.39, 0.29) is 5.91 Å². The Morgan fingerprint density at radius 2 is 2.12 bits per heavy atom. The van der Waals surface area contributed by atoms with Gasteiger partial charge >= 0.3 is 0 Å². The Bertz CT molecular complexity index is 432. The van der Waals surface area contributed by atoms with Crippen LogP contribution < -0.4 is 0 Å². The lowest BCUT2D eigenvalue weighted by molar-refractivity contribution is -0.132. The molecule has 0 atom stereocenters. The molecule has 0 spiro atoms. The first kappa shape index (κ1) is 12.2. The Hall–Kier alpha value is -1.25. The zero-order valence-corrected chi connectivity index (χ0v) is 11.3. The maximum absolute atomic E-state index is 12.0. The van der Waals surface area contributed by atoms with E-state index < -0.39 is 0 Å². The molecule has 0 saturated heterocycles. The molecule has 0 aliphatic carbocycles. The van der Waals surface area contributed by atoms with Crippen LogP contribution in [-0.2, 0) is 24.3 Å². The van der Waals surface area contributed by atoms with Gasteiger partial charge in [0.1, 0.15) is 0 Å². The van der Waals surface area contributed by atoms with Gasteiger partial charge in [-0.3, -0.25) is 4.79 Å². The van der Waals surface area contributed by atoms with Crippen LogP contribution in [0, 0.1) is 12.8 Å². The quantitative estimate of drug-likeness (QED) is 0.857. The van der Waals surface area contributed by atoms with Crippen molar-refractivity contribution >= 4 is 5.91 Å². The number of nitrogens with one attached hydrogen (secondary N) is 1. The highest BCUT2D eigenvalue weighted by molar-refractivity contribution is 5.77. The first-order valence-electron chi connectivity index (χ1n) is 6.49. The zero-order chi connectivity index (χ0) is 12.6. The minimum Gasteiger partial charge on any atom is -0.361 e. The number of fused-ring (bicyclic) bond motifs is 1. The van der Waals surface area contributed by atoms with E-state index in [1.54, 1.807) is 0 Å². The third-order valence-corrected chi connectivity index (χ3v) is 3.51. The molecule has 0 aromatic carbocycles. The Morgan fingerprint density at radius 3 is 2.71 bits per heavy atom. The Kier molecular flexibility index (Phi) is 3.27. The molecule has 1 aromatic rings. The number of H-pyrrole nitrogens is 1. The average molecular weight is 234 g/mol. The Labute approximate surface area is 103 Å². The number of rotatable bonds is 3. The van der Waals surface area contributed by atoms with E-state index in [4.69, 9.17) is 0 Å². The summed E-state index contributed by atoms with van der Waals surface area (Å²) < 4.78 is 0. The lowest BCUT2D eigenvalue weighted by Gasteiger charge is -2.17. The molecule has 1 aromatic heterocycles. The summed E-state index contributed by atoms with van der Waals surface area (Å²) in [7, 11) is 0. The fraction of sp³-hybridized carbons (Fsp3) is 0.643. The standard InChI is InChI=1S/C14H22N2O/c1-5-11-10(4)15-13-8-16(7-12(11)13)14(17)6-9(2)3/h9,15H,5-8H2,1-4H3. The van der Waals surface area contributed by atoms with E-state index in [2.05, 4.69) is 32.7 Å². The molecule has 0 bridgehead atoms. The first-order chi connectivity index (χ1) is 8.02. The maximum Gasteiger partial charge on any atom is 0.223 e. The van der Waals surface area contributed by atoms with Crippen molar-refractivity contribution in [2.45, 2.75) is 53.6 Å². The number of hydrogen-bond donors (Lipinski definition) is 1. The fourth-order valence-corrected chi connectivity index (χ4v) is 2.68. The number of hydrogen-bond acceptors (Lipinski definition) is 1. The van der Waals surface area contributed by atoms with Gasteiger partial charge in [-0.1, -0.05) is 20.8 Å². The second kappa shape index (κ2) is 4.55. The van der Waals surface area contributed by atoms with Gasteiger partial charge in [-0.2, -0.15) is 0 Å². The summed E-state index contributed by atoms with van der Waals surface area (Å²) in [6, 6.07) is 0. The van der Waals surface area contributed by atoms with E-state index in [9.17, 15) is 4.79 Å². The fourth-order valence-electron chi connectivity index (χ4n) is 2.68. The van der Waals surface area contributed by atoms with Crippen molar-refractivity contribution in [3.8, 4) is 0 Å². The molecular weight excluding hydrogens is 212 g/mol. The number of nitrogens with zero attached hydrogens (tertiary/aromatic N) is 1. The Balaban J connectivity index is 2.11. The van der Waals surface area contributed by atoms with Crippen LogP contribution in [0.5, 0.6) is 0 Å². The van der Waals surface area contributed by atoms with Crippen LogP contribution in [0.1, 0.15) is 49.7 Å². The molecular formula is C14H22N2O. The lowest BCUT2D eigenvalue weighted by atomic mass is 10.1. The van der Waals surface area contributed by atoms with Gasteiger partial charge in [0.15, 0.2) is 0 Å². The van der Waals surface area contributed by atoms with Gasteiger partial charge in [0, 0.05) is 24.4 Å². The summed E-state index contributed by atoms with van der Waals surface area (Å²) in [6.45, 7) is 10.0. The maximum atomic E-state index is 12.0. The normalized spacial score (nSPS) is 14.5. The number of carbonyl (C=O) groups is 1. The van der Waals surface area contributed by atoms with Crippen molar-refractivity contribution in [3.05, 3.63) is 22.5 Å². The molecule has 3 heteroatoms. The zero-order valence-electron chi connectivity index (χ0n) is 11.3. The molecule has 1 amide bonds. The molecule has 0 fully saturated rings. The largest absolute Gasteiger partial charge is 0.361 e. The first-order valence-corrected chi connectivity index (χ1v) is 6.49. The summed E-state index contributed by atoms with van der Waals surface area (Å²) in [6.07, 6.45) is 1.70. The van der Waals surface area contributed by atoms with Crippen LogP contribution in [-0.4, -0.2) is 15.8 Å². The summed E-state index contributed by atoms with van der Waals surface area (Å²) in [4.78, 5) is 17.4. The highest BCUT2D eigenvalue weighted by Gasteiger charge is 2.27. The Morgan fingerprint density at radius 1 is 1.41 bits per heavy atom. The van der Waals surface area contributed by atoms with Crippen LogP contribution in [0.4, 0.5) is 0 Å². The smallest absolute Gasteiger partial charge is 0.223 e. The van der Waals surface area contributed by atoms with E-state index >= 15 is 0 Å². The number of carbonyl (C=O) groups excluding carboxylic acids is 1. The average Bonchev–Trinajstić information content (AvgIpc) is 2.72. The number of aromatic nitrogens is 1. The van der Waals surface area contributed by atoms with Gasteiger partial charge in [-0.15, -0.1) is 0 Å². The van der Waals surface area contributed by atoms with Crippen molar-refractivity contribution in [1.82, 2.24) is 9.88 Å². The molecule has 0 unspecified atom stereocenters. The van der Waals surface area contributed by atoms with Crippen LogP contribution in [0.3, 0.4) is 0 Å². The molecule has 1 aliphatic rings. The van der Waals surface area contributed by atoms with Crippen molar-refractivity contribution in [3.63, 3.8) is 0 Å². The second-order valence-electron chi connectivity index (χ2n) is 5.39. The molecule has 94 valence electrons. The summed E-state index contributed by atoms with van der Waals surface area (Å²) in [5.74, 6) is 0.720. The van der Waals surface area contributed by atoms with Crippen LogP contribution in [0.15, 0.2) is 0 Å². The molecule has 17 heavy (non-hydrogen) atoms. The van der Waals surface area contributed by atoms with Crippen molar-refractivity contribution in [1.29, 1.82) is 0 Å². The molecule has 2 heterocycles. The predicted octanol–water partition coefficient (Wildman–Crippen LogP) is 2.77. The topological polar surface area (TPSA) is 36.1 Å². The molecule has 2 rings (SSSR count). The molecule has 0 radical (unpaired) electrons. The molecule has 0 saturated carbocycles. The third kappa shape index (κ3) is 2.24. The van der Waals surface area contributed by atoms with Crippen LogP contribution in [0.2, 0.25) is 0 Å². The number of amides is 1. The van der Waals surface area contributed by atoms with Crippen molar-refractivity contribution in [2.24, 2.45) is 5.92 Å². The molecule has 1 aliphatic heterocycles. The van der Waals surface area contributed by atoms with Gasteiger partial charge in [0.05, 0.1) is 6.54 Å². The van der Waals surface area contributed by atoms with Gasteiger partial charge in [-0.05, 0) is 30.4 Å². The lowest BCUT2D eigenvalue weighted by Crippen LogP contribution is -2.26. The van der Waals surface area contributed by atoms with Crippen molar-refractivity contribution in [2.75, 3.05) is 0 Å². The van der Waals surface area contributed by atoms with Crippen LogP contribution in [0.25, 0.3) is 0 Å². The SMILES string of the molecule is CCc1c(C)[nH]c2c1CN(C(=O)CC(C)C)C2. The summed E-state index contributed by atoms with van der Waals surface area (Å²) in [5, 5.41) is 0.